The third kappa shape index (κ3) is 5.07. The number of benzene rings is 3. The lowest BCUT2D eigenvalue weighted by molar-refractivity contribution is -0.927. The van der Waals surface area contributed by atoms with Crippen LogP contribution in [-0.2, 0) is 11.5 Å². The summed E-state index contributed by atoms with van der Waals surface area (Å²) in [6.45, 7) is 5.07. The van der Waals surface area contributed by atoms with Crippen LogP contribution in [0.4, 0.5) is 0 Å². The normalized spacial score (nSPS) is 11.6. The SMILES string of the molecule is CCOc1ccc2nc(SCc3c(CSc4nc5ccc(OCC)cc5[nH]4)[n+](O)c4ccccc4[n+]3O)[nH]c2c1. The van der Waals surface area contributed by atoms with Crippen molar-refractivity contribution in [1.82, 2.24) is 19.9 Å². The van der Waals surface area contributed by atoms with Gasteiger partial charge in [-0.1, -0.05) is 35.7 Å². The van der Waals surface area contributed by atoms with Gasteiger partial charge in [-0.25, -0.2) is 9.97 Å². The zero-order valence-corrected chi connectivity index (χ0v) is 23.6. The van der Waals surface area contributed by atoms with E-state index in [0.29, 0.717) is 57.5 Å². The van der Waals surface area contributed by atoms with E-state index in [2.05, 4.69) is 19.9 Å². The Morgan fingerprint density at radius 2 is 1.15 bits per heavy atom. The van der Waals surface area contributed by atoms with Crippen LogP contribution in [-0.4, -0.2) is 43.6 Å². The molecule has 0 aliphatic rings. The molecule has 6 aromatic rings. The number of ether oxygens (including phenoxy) is 2. The van der Waals surface area contributed by atoms with Crippen LogP contribution in [0.25, 0.3) is 33.1 Å². The highest BCUT2D eigenvalue weighted by atomic mass is 32.2. The molecule has 0 saturated carbocycles. The highest BCUT2D eigenvalue weighted by Crippen LogP contribution is 2.29. The second-order valence-corrected chi connectivity index (χ2v) is 10.8. The van der Waals surface area contributed by atoms with Gasteiger partial charge in [0.25, 0.3) is 0 Å². The minimum atomic E-state index is 0.355. The molecule has 0 spiro atoms. The molecular weight excluding hydrogens is 548 g/mol. The summed E-state index contributed by atoms with van der Waals surface area (Å²) in [7, 11) is 0. The highest BCUT2D eigenvalue weighted by molar-refractivity contribution is 7.98. The summed E-state index contributed by atoms with van der Waals surface area (Å²) >= 11 is 2.87. The molecule has 0 fully saturated rings. The zero-order valence-electron chi connectivity index (χ0n) is 21.9. The summed E-state index contributed by atoms with van der Waals surface area (Å²) in [5.74, 6) is 2.26. The number of rotatable bonds is 10. The lowest BCUT2D eigenvalue weighted by Gasteiger charge is -2.03. The van der Waals surface area contributed by atoms with E-state index in [1.165, 1.54) is 23.5 Å². The van der Waals surface area contributed by atoms with Crippen molar-refractivity contribution in [3.05, 3.63) is 72.1 Å². The molecule has 6 rings (SSSR count). The predicted molar refractivity (Wildman–Crippen MR) is 152 cm³/mol. The summed E-state index contributed by atoms with van der Waals surface area (Å²) in [5, 5.41) is 23.9. The second kappa shape index (κ2) is 11.1. The van der Waals surface area contributed by atoms with Gasteiger partial charge in [0.05, 0.1) is 46.8 Å². The van der Waals surface area contributed by atoms with Gasteiger partial charge < -0.3 is 19.4 Å². The van der Waals surface area contributed by atoms with Gasteiger partial charge in [0.2, 0.25) is 0 Å². The summed E-state index contributed by atoms with van der Waals surface area (Å²) in [6.07, 6.45) is 0. The van der Waals surface area contributed by atoms with Gasteiger partial charge in [-0.3, -0.25) is 10.4 Å². The first kappa shape index (κ1) is 26.1. The van der Waals surface area contributed by atoms with E-state index in [-0.39, 0.29) is 0 Å². The van der Waals surface area contributed by atoms with E-state index in [4.69, 9.17) is 9.47 Å². The number of aromatic amines is 2. The molecule has 12 heteroatoms. The molecule has 4 N–H and O–H groups in total. The number of H-pyrrole nitrogens is 2. The van der Waals surface area contributed by atoms with Crippen LogP contribution in [0.5, 0.6) is 11.5 Å². The molecule has 40 heavy (non-hydrogen) atoms. The molecule has 3 aromatic heterocycles. The number of para-hydroxylation sites is 2. The number of fused-ring (bicyclic) bond motifs is 3. The average Bonchev–Trinajstić information content (AvgIpc) is 3.56. The first-order valence-electron chi connectivity index (χ1n) is 12.8. The van der Waals surface area contributed by atoms with Crippen molar-refractivity contribution in [3.63, 3.8) is 0 Å². The van der Waals surface area contributed by atoms with Crippen molar-refractivity contribution >= 4 is 56.6 Å². The van der Waals surface area contributed by atoms with Crippen molar-refractivity contribution < 1.29 is 29.3 Å². The molecule has 0 amide bonds. The molecule has 3 heterocycles. The molecule has 0 unspecified atom stereocenters. The van der Waals surface area contributed by atoms with Crippen LogP contribution < -0.4 is 18.9 Å². The van der Waals surface area contributed by atoms with E-state index >= 15 is 0 Å². The Morgan fingerprint density at radius 3 is 1.57 bits per heavy atom. The maximum Gasteiger partial charge on any atom is 0.333 e. The molecule has 204 valence electrons. The van der Waals surface area contributed by atoms with Crippen molar-refractivity contribution in [2.75, 3.05) is 13.2 Å². The number of hydrogen-bond donors (Lipinski definition) is 4. The number of aromatic nitrogens is 6. The first-order valence-corrected chi connectivity index (χ1v) is 14.8. The van der Waals surface area contributed by atoms with Crippen LogP contribution >= 0.6 is 23.5 Å². The minimum Gasteiger partial charge on any atom is -0.494 e. The molecule has 0 saturated heterocycles. The third-order valence-corrected chi connectivity index (χ3v) is 8.13. The average molecular weight is 577 g/mol. The molecule has 3 aromatic carbocycles. The van der Waals surface area contributed by atoms with Gasteiger partial charge in [-0.05, 0) is 38.1 Å². The maximum atomic E-state index is 11.2. The third-order valence-electron chi connectivity index (χ3n) is 6.36. The van der Waals surface area contributed by atoms with E-state index < -0.39 is 0 Å². The standard InChI is InChI=1S/C28H27N6O4S2/c1-3-37-17-9-11-19-21(13-17)31-27(29-19)39-15-25-26(34(36)24-8-6-5-7-23(24)33(25)35)16-40-28-30-20-12-10-18(38-4-2)14-22(20)32-28/h5-14,35-36H,3-4,15-16H2,1-2H3,(H,29,31)/q+1/p+1. The number of nitrogens with zero attached hydrogens (tertiary/aromatic N) is 4. The predicted octanol–water partition coefficient (Wildman–Crippen LogP) is 5.02. The smallest absolute Gasteiger partial charge is 0.333 e. The van der Waals surface area contributed by atoms with Crippen molar-refractivity contribution in [1.29, 1.82) is 0 Å². The number of hydrogen-bond acceptors (Lipinski definition) is 8. The maximum absolute atomic E-state index is 11.2. The molecule has 0 radical (unpaired) electrons. The Labute approximate surface area is 237 Å². The molecule has 0 atom stereocenters. The lowest BCUT2D eigenvalue weighted by atomic mass is 10.2. The second-order valence-electron chi connectivity index (χ2n) is 8.89. The Bertz CT molecular complexity index is 1700. The summed E-state index contributed by atoms with van der Waals surface area (Å²) in [5.41, 5.74) is 5.47. The quantitative estimate of drug-likeness (QED) is 0.102. The van der Waals surface area contributed by atoms with Gasteiger partial charge in [-0.2, -0.15) is 0 Å². The van der Waals surface area contributed by atoms with Gasteiger partial charge in [0.1, 0.15) is 11.5 Å². The van der Waals surface area contributed by atoms with Crippen LogP contribution in [0, 0.1) is 0 Å². The Hall–Kier alpha value is -4.16. The van der Waals surface area contributed by atoms with Crippen molar-refractivity contribution in [3.8, 4) is 11.5 Å². The first-order chi connectivity index (χ1) is 19.5. The lowest BCUT2D eigenvalue weighted by Crippen LogP contribution is -2.48. The summed E-state index contributed by atoms with van der Waals surface area (Å²) in [6, 6.07) is 18.6. The van der Waals surface area contributed by atoms with Crippen LogP contribution in [0.1, 0.15) is 25.2 Å². The van der Waals surface area contributed by atoms with Crippen LogP contribution in [0.2, 0.25) is 0 Å². The van der Waals surface area contributed by atoms with E-state index in [1.54, 1.807) is 12.1 Å². The highest BCUT2D eigenvalue weighted by Gasteiger charge is 2.35. The largest absolute Gasteiger partial charge is 0.494 e. The summed E-state index contributed by atoms with van der Waals surface area (Å²) in [4.78, 5) is 16.0. The van der Waals surface area contributed by atoms with Crippen LogP contribution in [0.3, 0.4) is 0 Å². The Kier molecular flexibility index (Phi) is 7.27. The molecule has 10 nitrogen and oxygen atoms in total. The molecular formula is C28H28N6O4S2+2. The minimum absolute atomic E-state index is 0.355. The van der Waals surface area contributed by atoms with Crippen LogP contribution in [0.15, 0.2) is 71.0 Å². The molecule has 0 aliphatic carbocycles. The van der Waals surface area contributed by atoms with Crippen molar-refractivity contribution in [2.45, 2.75) is 35.7 Å². The number of imidazole rings is 2. The fraction of sp³-hybridized carbons (Fsp3) is 0.214. The van der Waals surface area contributed by atoms with E-state index in [9.17, 15) is 10.4 Å². The van der Waals surface area contributed by atoms with E-state index in [1.807, 2.05) is 62.4 Å². The van der Waals surface area contributed by atoms with Gasteiger partial charge >= 0.3 is 22.4 Å². The van der Waals surface area contributed by atoms with E-state index in [0.717, 1.165) is 43.0 Å². The fourth-order valence-corrected chi connectivity index (χ4v) is 6.31. The molecule has 0 aliphatic heterocycles. The fourth-order valence-electron chi connectivity index (χ4n) is 4.50. The summed E-state index contributed by atoms with van der Waals surface area (Å²) < 4.78 is 13.5. The monoisotopic (exact) mass is 576 g/mol. The number of thioether (sulfide) groups is 2. The van der Waals surface area contributed by atoms with Gasteiger partial charge in [-0.15, -0.1) is 0 Å². The molecule has 0 bridgehead atoms. The van der Waals surface area contributed by atoms with Gasteiger partial charge in [0.15, 0.2) is 10.3 Å². The number of nitrogens with one attached hydrogen (secondary N) is 2. The zero-order chi connectivity index (χ0) is 27.6. The topological polar surface area (TPSA) is 124 Å². The Morgan fingerprint density at radius 1 is 0.700 bits per heavy atom. The van der Waals surface area contributed by atoms with Gasteiger partial charge in [0, 0.05) is 33.7 Å². The Balaban J connectivity index is 1.30. The van der Waals surface area contributed by atoms with Crippen molar-refractivity contribution in [2.24, 2.45) is 0 Å².